The first-order chi connectivity index (χ1) is 23.4. The molecule has 2 N–H and O–H groups in total. The molecule has 5 aromatic rings. The SMILES string of the molecule is Cc1c[c-]n(-c2cc(CC(C)(C)C)cc(C(c3ccccc3)(c3ccccc3)c3cc(CC(C)(C)C)cc(N[C-]=CC(=N)C(F)(F)F)n3)n2)n1.[Pt+2]. The fourth-order valence-electron chi connectivity index (χ4n) is 6.16. The molecule has 0 fully saturated rings. The van der Waals surface area contributed by atoms with Crippen molar-refractivity contribution in [3.63, 3.8) is 0 Å². The number of anilines is 1. The van der Waals surface area contributed by atoms with Crippen molar-refractivity contribution < 1.29 is 34.2 Å². The van der Waals surface area contributed by atoms with Crippen LogP contribution in [0.1, 0.15) is 80.9 Å². The Morgan fingerprint density at radius 1 is 0.804 bits per heavy atom. The molecule has 5 rings (SSSR count). The van der Waals surface area contributed by atoms with E-state index in [9.17, 15) is 13.2 Å². The average Bonchev–Trinajstić information content (AvgIpc) is 3.46. The summed E-state index contributed by atoms with van der Waals surface area (Å²) in [5, 5.41) is 14.9. The molecular formula is C41H43F3N6Pt. The number of halogens is 3. The van der Waals surface area contributed by atoms with Gasteiger partial charge in [-0.2, -0.15) is 13.2 Å². The van der Waals surface area contributed by atoms with E-state index in [4.69, 9.17) is 15.4 Å². The number of hydrogen-bond donors (Lipinski definition) is 2. The Kier molecular flexibility index (Phi) is 12.0. The van der Waals surface area contributed by atoms with Gasteiger partial charge < -0.3 is 15.4 Å². The summed E-state index contributed by atoms with van der Waals surface area (Å²) < 4.78 is 41.1. The van der Waals surface area contributed by atoms with Crippen LogP contribution < -0.4 is 5.32 Å². The Morgan fingerprint density at radius 2 is 1.31 bits per heavy atom. The van der Waals surface area contributed by atoms with Crippen LogP contribution in [0.4, 0.5) is 19.0 Å². The van der Waals surface area contributed by atoms with E-state index in [1.807, 2.05) is 61.5 Å². The van der Waals surface area contributed by atoms with Crippen molar-refractivity contribution >= 4 is 11.5 Å². The summed E-state index contributed by atoms with van der Waals surface area (Å²) in [4.78, 5) is 10.4. The van der Waals surface area contributed by atoms with Gasteiger partial charge in [-0.15, -0.1) is 18.3 Å². The Hall–Kier alpha value is -4.36. The molecular weight excluding hydrogens is 829 g/mol. The number of hydrogen-bond acceptors (Lipinski definition) is 5. The fraction of sp³-hybridized carbons (Fsp3) is 0.317. The number of alkyl halides is 3. The van der Waals surface area contributed by atoms with Gasteiger partial charge in [-0.1, -0.05) is 139 Å². The third-order valence-corrected chi connectivity index (χ3v) is 8.00. The molecule has 0 saturated carbocycles. The van der Waals surface area contributed by atoms with Gasteiger partial charge in [0.05, 0.1) is 5.82 Å². The second kappa shape index (κ2) is 15.5. The number of allylic oxidation sites excluding steroid dienone is 1. The van der Waals surface area contributed by atoms with Crippen molar-refractivity contribution in [1.29, 1.82) is 5.41 Å². The molecule has 0 bridgehead atoms. The van der Waals surface area contributed by atoms with Crippen LogP contribution >= 0.6 is 0 Å². The third kappa shape index (κ3) is 9.70. The zero-order chi connectivity index (χ0) is 36.3. The molecule has 3 aromatic heterocycles. The minimum absolute atomic E-state index is 0. The van der Waals surface area contributed by atoms with Crippen LogP contribution in [0.15, 0.2) is 97.1 Å². The van der Waals surface area contributed by atoms with Crippen molar-refractivity contribution in [3.05, 3.63) is 149 Å². The summed E-state index contributed by atoms with van der Waals surface area (Å²) in [7, 11) is 0. The average molecular weight is 872 g/mol. The molecule has 0 aliphatic rings. The number of rotatable bonds is 10. The zero-order valence-electron chi connectivity index (χ0n) is 29.9. The van der Waals surface area contributed by atoms with Crippen molar-refractivity contribution in [2.75, 3.05) is 5.32 Å². The van der Waals surface area contributed by atoms with Gasteiger partial charge in [0.2, 0.25) is 0 Å². The van der Waals surface area contributed by atoms with Gasteiger partial charge >= 0.3 is 27.2 Å². The molecule has 51 heavy (non-hydrogen) atoms. The third-order valence-electron chi connectivity index (χ3n) is 8.00. The number of aromatic nitrogens is 4. The minimum Gasteiger partial charge on any atom is -0.453 e. The maximum absolute atomic E-state index is 13.1. The molecule has 0 spiro atoms. The summed E-state index contributed by atoms with van der Waals surface area (Å²) in [5.41, 5.74) is 3.16. The number of pyridine rings is 2. The second-order valence-corrected chi connectivity index (χ2v) is 15.1. The minimum atomic E-state index is -4.79. The first-order valence-electron chi connectivity index (χ1n) is 16.5. The molecule has 0 unspecified atom stereocenters. The Labute approximate surface area is 313 Å². The Morgan fingerprint density at radius 3 is 1.78 bits per heavy atom. The Bertz CT molecular complexity index is 1930. The molecule has 2 aromatic carbocycles. The van der Waals surface area contributed by atoms with Crippen LogP contribution in [0, 0.1) is 35.6 Å². The number of benzene rings is 2. The molecule has 0 aliphatic heterocycles. The summed E-state index contributed by atoms with van der Waals surface area (Å²) in [6, 6.07) is 29.9. The molecule has 0 amide bonds. The molecule has 0 radical (unpaired) electrons. The van der Waals surface area contributed by atoms with E-state index in [0.29, 0.717) is 35.5 Å². The summed E-state index contributed by atoms with van der Waals surface area (Å²) in [5.74, 6) is 0.906. The van der Waals surface area contributed by atoms with Gasteiger partial charge in [-0.25, -0.2) is 0 Å². The van der Waals surface area contributed by atoms with Crippen LogP contribution in [-0.4, -0.2) is 31.6 Å². The number of nitrogens with zero attached hydrogens (tertiary/aromatic N) is 4. The molecule has 268 valence electrons. The topological polar surface area (TPSA) is 79.5 Å². The molecule has 10 heteroatoms. The van der Waals surface area contributed by atoms with Crippen LogP contribution in [0.3, 0.4) is 0 Å². The van der Waals surface area contributed by atoms with E-state index in [0.717, 1.165) is 34.4 Å². The van der Waals surface area contributed by atoms with Crippen LogP contribution in [0.5, 0.6) is 0 Å². The normalized spacial score (nSPS) is 12.5. The molecule has 3 heterocycles. The first kappa shape index (κ1) is 39.4. The summed E-state index contributed by atoms with van der Waals surface area (Å²) >= 11 is 0. The first-order valence-corrected chi connectivity index (χ1v) is 16.5. The van der Waals surface area contributed by atoms with Crippen molar-refractivity contribution in [2.45, 2.75) is 72.9 Å². The van der Waals surface area contributed by atoms with E-state index in [-0.39, 0.29) is 31.9 Å². The quantitative estimate of drug-likeness (QED) is 0.0833. The number of nitrogens with one attached hydrogen (secondary N) is 2. The molecule has 0 atom stereocenters. The van der Waals surface area contributed by atoms with Crippen LogP contribution in [-0.2, 0) is 39.3 Å². The van der Waals surface area contributed by atoms with Gasteiger partial charge in [0.15, 0.2) is 0 Å². The standard InChI is InChI=1S/C41H43F3N6.Pt/c1-28-19-21-50(49-28)37-25-30(27-39(5,6)7)23-35(48-37)40(31-14-10-8-11-15-31,32-16-12-9-13-17-32)34-22-29(26-38(2,3)4)24-36(47-34)46-20-18-33(45)41(42,43)44;/h8-19,22-25,45H,26-27H2,1-7H3,(H,46,47);/q-2;+2. The summed E-state index contributed by atoms with van der Waals surface area (Å²) in [6.45, 7) is 14.9. The zero-order valence-corrected chi connectivity index (χ0v) is 32.2. The molecule has 0 aliphatic carbocycles. The van der Waals surface area contributed by atoms with Gasteiger partial charge in [-0.05, 0) is 52.6 Å². The largest absolute Gasteiger partial charge is 2.00 e. The van der Waals surface area contributed by atoms with Crippen LogP contribution in [0.25, 0.3) is 5.82 Å². The smallest absolute Gasteiger partial charge is 0.453 e. The van der Waals surface area contributed by atoms with Crippen LogP contribution in [0.2, 0.25) is 0 Å². The van der Waals surface area contributed by atoms with Crippen molar-refractivity contribution in [3.8, 4) is 5.82 Å². The monoisotopic (exact) mass is 871 g/mol. The van der Waals surface area contributed by atoms with Gasteiger partial charge in [0.1, 0.15) is 5.41 Å². The van der Waals surface area contributed by atoms with E-state index in [1.54, 1.807) is 4.68 Å². The van der Waals surface area contributed by atoms with Crippen molar-refractivity contribution in [1.82, 2.24) is 19.7 Å². The van der Waals surface area contributed by atoms with E-state index in [1.165, 1.54) is 0 Å². The summed E-state index contributed by atoms with van der Waals surface area (Å²) in [6.07, 6.45) is 2.85. The van der Waals surface area contributed by atoms with Gasteiger partial charge in [0.25, 0.3) is 0 Å². The predicted octanol–water partition coefficient (Wildman–Crippen LogP) is 9.64. The van der Waals surface area contributed by atoms with E-state index in [2.05, 4.69) is 101 Å². The van der Waals surface area contributed by atoms with E-state index < -0.39 is 17.3 Å². The molecule has 6 nitrogen and oxygen atoms in total. The van der Waals surface area contributed by atoms with Crippen molar-refractivity contribution in [2.24, 2.45) is 10.8 Å². The van der Waals surface area contributed by atoms with Gasteiger partial charge in [0, 0.05) is 22.9 Å². The maximum Gasteiger partial charge on any atom is 2.00 e. The number of aryl methyl sites for hydroxylation is 1. The second-order valence-electron chi connectivity index (χ2n) is 15.1. The fourth-order valence-corrected chi connectivity index (χ4v) is 6.16. The maximum atomic E-state index is 13.1. The van der Waals surface area contributed by atoms with Gasteiger partial charge in [-0.3, -0.25) is 15.1 Å². The van der Waals surface area contributed by atoms with E-state index >= 15 is 0 Å². The Balaban J connectivity index is 0.00000583. The molecule has 0 saturated heterocycles. The predicted molar refractivity (Wildman–Crippen MR) is 193 cm³/mol.